The number of rotatable bonds is 10. The van der Waals surface area contributed by atoms with E-state index in [0.29, 0.717) is 12.1 Å². The number of hydrogen-bond acceptors (Lipinski definition) is 5. The normalized spacial score (nSPS) is 14.2. The number of amides is 1. The zero-order valence-electron chi connectivity index (χ0n) is 20.8. The van der Waals surface area contributed by atoms with E-state index in [1.54, 1.807) is 5.32 Å². The van der Waals surface area contributed by atoms with Gasteiger partial charge in [-0.2, -0.15) is 39.5 Å². The molecule has 1 amide bonds. The molecular weight excluding hydrogens is 599 g/mol. The number of anilines is 1. The summed E-state index contributed by atoms with van der Waals surface area (Å²) in [6, 6.07) is 4.78. The van der Waals surface area contributed by atoms with Crippen molar-refractivity contribution in [2.45, 2.75) is 44.2 Å². The molecule has 0 fully saturated rings. The number of nitrogens with one attached hydrogen (secondary N) is 1. The van der Waals surface area contributed by atoms with Crippen molar-refractivity contribution in [3.63, 3.8) is 0 Å². The van der Waals surface area contributed by atoms with E-state index >= 15 is 0 Å². The van der Waals surface area contributed by atoms with Crippen molar-refractivity contribution >= 4 is 35.1 Å². The van der Waals surface area contributed by atoms with Crippen LogP contribution < -0.4 is 10.5 Å². The monoisotopic (exact) mass is 620 g/mol. The van der Waals surface area contributed by atoms with E-state index in [9.17, 15) is 49.1 Å². The Bertz CT molecular complexity index is 1280. The van der Waals surface area contributed by atoms with Crippen molar-refractivity contribution < 1.29 is 59.5 Å². The Morgan fingerprint density at radius 1 is 1.00 bits per heavy atom. The third kappa shape index (κ3) is 9.93. The Kier molecular flexibility index (Phi) is 10.9. The maximum absolute atomic E-state index is 13.8. The van der Waals surface area contributed by atoms with Crippen LogP contribution in [0.3, 0.4) is 0 Å². The fourth-order valence-corrected chi connectivity index (χ4v) is 3.80. The van der Waals surface area contributed by atoms with Gasteiger partial charge in [0.15, 0.2) is 5.78 Å². The van der Waals surface area contributed by atoms with Crippen LogP contribution in [0.4, 0.5) is 45.2 Å². The van der Waals surface area contributed by atoms with Crippen LogP contribution in [0.25, 0.3) is 6.08 Å². The average Bonchev–Trinajstić information content (AvgIpc) is 2.84. The molecule has 0 aromatic heterocycles. The first-order chi connectivity index (χ1) is 18.7. The molecule has 6 nitrogen and oxygen atoms in total. The third-order valence-electron chi connectivity index (χ3n) is 5.74. The highest BCUT2D eigenvalue weighted by atomic mass is 35.5. The molecule has 3 N–H and O–H groups in total. The van der Waals surface area contributed by atoms with E-state index in [1.165, 1.54) is 6.92 Å². The molecule has 41 heavy (non-hydrogen) atoms. The fourth-order valence-electron chi connectivity index (χ4n) is 3.61. The molecule has 0 aliphatic heterocycles. The molecule has 16 heteroatoms. The van der Waals surface area contributed by atoms with Gasteiger partial charge in [-0.3, -0.25) is 20.0 Å². The number of Topliss-reactive ketones (excluding diaryl/α,β-unsaturated/α-hetero) is 1. The van der Waals surface area contributed by atoms with E-state index in [4.69, 9.17) is 22.0 Å². The molecule has 0 radical (unpaired) electrons. The van der Waals surface area contributed by atoms with E-state index < -0.39 is 82.6 Å². The zero-order valence-corrected chi connectivity index (χ0v) is 21.6. The summed E-state index contributed by atoms with van der Waals surface area (Å²) in [5.74, 6) is -5.67. The van der Waals surface area contributed by atoms with Crippen LogP contribution in [-0.2, 0) is 11.0 Å². The predicted molar refractivity (Wildman–Crippen MR) is 129 cm³/mol. The van der Waals surface area contributed by atoms with E-state index in [2.05, 4.69) is 0 Å². The van der Waals surface area contributed by atoms with Gasteiger partial charge in [-0.25, -0.2) is 0 Å². The van der Waals surface area contributed by atoms with Gasteiger partial charge in [0, 0.05) is 17.9 Å². The first kappa shape index (κ1) is 33.9. The number of alkyl halides is 9. The Labute approximate surface area is 231 Å². The van der Waals surface area contributed by atoms with Crippen molar-refractivity contribution in [2.75, 3.05) is 11.8 Å². The minimum atomic E-state index is -5.11. The van der Waals surface area contributed by atoms with Crippen LogP contribution in [0, 0.1) is 5.92 Å². The standard InChI is InChI=1S/C25H22ClF9N2O4/c1-13(22(39)36-12-23(27,28)29)2-9-21(38)16-6-3-14(10-18(16)25(33,34)35)4-7-17(24(30,31)32)15-5-8-19(26)20(11-15)37(40)41/h3-8,10-11,13,17,40-41H,2,9,12H2,1H3,(H,36,39)/b7-4+/t13-,17?/m0/s1. The average molecular weight is 621 g/mol. The van der Waals surface area contributed by atoms with Crippen molar-refractivity contribution in [1.29, 1.82) is 0 Å². The molecule has 0 bridgehead atoms. The van der Waals surface area contributed by atoms with E-state index in [0.717, 1.165) is 36.4 Å². The maximum Gasteiger partial charge on any atom is 0.417 e. The number of allylic oxidation sites excluding steroid dienone is 1. The summed E-state index contributed by atoms with van der Waals surface area (Å²) >= 11 is 5.71. The fraction of sp³-hybridized carbons (Fsp3) is 0.360. The molecule has 1 unspecified atom stereocenters. The third-order valence-corrected chi connectivity index (χ3v) is 6.06. The second-order valence-electron chi connectivity index (χ2n) is 8.88. The summed E-state index contributed by atoms with van der Waals surface area (Å²) < 4.78 is 119. The van der Waals surface area contributed by atoms with Crippen LogP contribution in [0.2, 0.25) is 5.02 Å². The van der Waals surface area contributed by atoms with Gasteiger partial charge in [0.05, 0.1) is 16.5 Å². The Morgan fingerprint density at radius 3 is 2.17 bits per heavy atom. The van der Waals surface area contributed by atoms with Crippen LogP contribution in [0.15, 0.2) is 42.5 Å². The topological polar surface area (TPSA) is 89.9 Å². The summed E-state index contributed by atoms with van der Waals surface area (Å²) in [5.41, 5.74) is -3.76. The minimum absolute atomic E-state index is 0.296. The molecule has 2 atom stereocenters. The molecule has 0 saturated heterocycles. The number of hydrogen-bond donors (Lipinski definition) is 3. The van der Waals surface area contributed by atoms with Gasteiger partial charge in [-0.15, -0.1) is 5.23 Å². The lowest BCUT2D eigenvalue weighted by molar-refractivity contribution is -0.140. The second-order valence-corrected chi connectivity index (χ2v) is 9.28. The quantitative estimate of drug-likeness (QED) is 0.145. The highest BCUT2D eigenvalue weighted by Crippen LogP contribution is 2.40. The maximum atomic E-state index is 13.8. The molecule has 0 aliphatic carbocycles. The van der Waals surface area contributed by atoms with Gasteiger partial charge in [0.25, 0.3) is 0 Å². The van der Waals surface area contributed by atoms with Gasteiger partial charge in [-0.05, 0) is 35.7 Å². The van der Waals surface area contributed by atoms with E-state index in [1.807, 2.05) is 0 Å². The van der Waals surface area contributed by atoms with Crippen LogP contribution in [0.1, 0.15) is 52.7 Å². The molecule has 0 heterocycles. The largest absolute Gasteiger partial charge is 0.417 e. The number of carbonyl (C=O) groups excluding carboxylic acids is 2. The molecule has 0 spiro atoms. The lowest BCUT2D eigenvalue weighted by Crippen LogP contribution is -2.37. The van der Waals surface area contributed by atoms with Crippen molar-refractivity contribution in [3.8, 4) is 0 Å². The van der Waals surface area contributed by atoms with Crippen LogP contribution >= 0.6 is 11.6 Å². The highest BCUT2D eigenvalue weighted by Gasteiger charge is 2.40. The number of nitrogens with zero attached hydrogens (tertiary/aromatic N) is 1. The summed E-state index contributed by atoms with van der Waals surface area (Å²) in [6.07, 6.45) is -14.5. The second kappa shape index (κ2) is 13.1. The van der Waals surface area contributed by atoms with E-state index in [-0.39, 0.29) is 17.0 Å². The van der Waals surface area contributed by atoms with Crippen molar-refractivity contribution in [1.82, 2.24) is 5.32 Å². The van der Waals surface area contributed by atoms with Gasteiger partial charge >= 0.3 is 18.5 Å². The number of ketones is 1. The lowest BCUT2D eigenvalue weighted by Gasteiger charge is -2.20. The van der Waals surface area contributed by atoms with Crippen LogP contribution in [-0.4, -0.2) is 41.0 Å². The molecule has 2 rings (SSSR count). The first-order valence-corrected chi connectivity index (χ1v) is 11.9. The summed E-state index contributed by atoms with van der Waals surface area (Å²) in [4.78, 5) is 24.3. The number of halogens is 10. The van der Waals surface area contributed by atoms with Crippen molar-refractivity contribution in [3.05, 3.63) is 69.8 Å². The molecule has 0 saturated carbocycles. The summed E-state index contributed by atoms with van der Waals surface area (Å²) in [7, 11) is 0. The molecule has 0 aliphatic rings. The number of carbonyl (C=O) groups is 2. The zero-order chi connectivity index (χ0) is 31.3. The highest BCUT2D eigenvalue weighted by molar-refractivity contribution is 6.33. The number of benzene rings is 2. The SMILES string of the molecule is C[C@@H](CCC(=O)c1ccc(/C=C/C(c2ccc(Cl)c(N(O)O)c2)C(F)(F)F)cc1C(F)(F)F)C(=O)NCC(F)(F)F. The first-order valence-electron chi connectivity index (χ1n) is 11.5. The Morgan fingerprint density at radius 2 is 1.63 bits per heavy atom. The lowest BCUT2D eigenvalue weighted by atomic mass is 9.93. The van der Waals surface area contributed by atoms with Gasteiger partial charge in [-0.1, -0.05) is 48.9 Å². The van der Waals surface area contributed by atoms with Gasteiger partial charge < -0.3 is 5.32 Å². The van der Waals surface area contributed by atoms with Gasteiger partial charge in [0.2, 0.25) is 5.91 Å². The smallest absolute Gasteiger partial charge is 0.347 e. The summed E-state index contributed by atoms with van der Waals surface area (Å²) in [5, 5.41) is 19.1. The van der Waals surface area contributed by atoms with Crippen molar-refractivity contribution in [2.24, 2.45) is 5.92 Å². The Hall–Kier alpha value is -3.30. The molecule has 2 aromatic rings. The van der Waals surface area contributed by atoms with Gasteiger partial charge in [0.1, 0.15) is 12.2 Å². The summed E-state index contributed by atoms with van der Waals surface area (Å²) in [6.45, 7) is -0.427. The minimum Gasteiger partial charge on any atom is -0.347 e. The molecular formula is C25H22ClF9N2O4. The van der Waals surface area contributed by atoms with Crippen LogP contribution in [0.5, 0.6) is 0 Å². The predicted octanol–water partition coefficient (Wildman–Crippen LogP) is 7.58. The molecule has 226 valence electrons. The Balaban J connectivity index is 2.31. The molecule has 2 aromatic carbocycles.